The molecule has 6 heteroatoms. The average molecular weight is 480 g/mol. The van der Waals surface area contributed by atoms with Crippen molar-refractivity contribution in [1.29, 1.82) is 0 Å². The SMILES string of the molecule is CC1C(=O)OC(=O)C1C1C2CC(CC2c2ccccc2)C1C1C(C)C2CC1C(C)(C(=O)OCN)C2. The molecule has 0 aromatic heterocycles. The van der Waals surface area contributed by atoms with Crippen LogP contribution < -0.4 is 5.73 Å². The third kappa shape index (κ3) is 3.21. The molecule has 6 rings (SSSR count). The van der Waals surface area contributed by atoms with E-state index in [4.69, 9.17) is 15.2 Å². The van der Waals surface area contributed by atoms with Gasteiger partial charge in [0.05, 0.1) is 17.3 Å². The Morgan fingerprint density at radius 2 is 1.77 bits per heavy atom. The van der Waals surface area contributed by atoms with Crippen LogP contribution in [0.4, 0.5) is 0 Å². The summed E-state index contributed by atoms with van der Waals surface area (Å²) in [5.74, 6) is 1.54. The molecule has 1 heterocycles. The van der Waals surface area contributed by atoms with Crippen molar-refractivity contribution in [2.75, 3.05) is 6.73 Å². The first-order valence-corrected chi connectivity index (χ1v) is 13.4. The van der Waals surface area contributed by atoms with Crippen LogP contribution in [0.5, 0.6) is 0 Å². The van der Waals surface area contributed by atoms with E-state index >= 15 is 0 Å². The molecule has 4 aliphatic carbocycles. The zero-order valence-electron chi connectivity index (χ0n) is 20.9. The van der Waals surface area contributed by atoms with Gasteiger partial charge in [-0.3, -0.25) is 20.1 Å². The molecule has 4 bridgehead atoms. The summed E-state index contributed by atoms with van der Waals surface area (Å²) < 4.78 is 10.6. The third-order valence-electron chi connectivity index (χ3n) is 11.2. The van der Waals surface area contributed by atoms with Crippen molar-refractivity contribution in [3.63, 3.8) is 0 Å². The second-order valence-electron chi connectivity index (χ2n) is 12.4. The highest BCUT2D eigenvalue weighted by Crippen LogP contribution is 2.71. The molecule has 5 aliphatic rings. The first-order valence-electron chi connectivity index (χ1n) is 13.4. The summed E-state index contributed by atoms with van der Waals surface area (Å²) in [6.45, 7) is 6.20. The standard InChI is InChI=1S/C29H37NO5/c1-14-18-11-21(29(3,12-18)28(33)34-13-30)22(14)24-17-9-19(16-7-5-4-6-8-16)20(10-17)25(24)23-15(2)26(31)35-27(23)32/h4-8,14-15,17-25H,9-13,30H2,1-3H3. The zero-order valence-corrected chi connectivity index (χ0v) is 20.9. The van der Waals surface area contributed by atoms with Crippen molar-refractivity contribution in [2.45, 2.75) is 52.4 Å². The van der Waals surface area contributed by atoms with Gasteiger partial charge in [0.15, 0.2) is 0 Å². The number of fused-ring (bicyclic) bond motifs is 4. The van der Waals surface area contributed by atoms with Gasteiger partial charge in [0.1, 0.15) is 6.73 Å². The Hall–Kier alpha value is -2.21. The summed E-state index contributed by atoms with van der Waals surface area (Å²) >= 11 is 0. The summed E-state index contributed by atoms with van der Waals surface area (Å²) in [5, 5.41) is 0. The van der Waals surface area contributed by atoms with Crippen molar-refractivity contribution in [2.24, 2.45) is 70.3 Å². The molecule has 4 saturated carbocycles. The largest absolute Gasteiger partial charge is 0.450 e. The van der Waals surface area contributed by atoms with Gasteiger partial charge in [-0.1, -0.05) is 44.2 Å². The smallest absolute Gasteiger partial charge is 0.317 e. The molecule has 5 fully saturated rings. The first kappa shape index (κ1) is 23.2. The Kier molecular flexibility index (Phi) is 5.41. The average Bonchev–Trinajstić information content (AvgIpc) is 3.62. The molecular formula is C29H37NO5. The number of carbonyl (C=O) groups excluding carboxylic acids is 3. The van der Waals surface area contributed by atoms with Gasteiger partial charge in [0.25, 0.3) is 0 Å². The maximum Gasteiger partial charge on any atom is 0.317 e. The van der Waals surface area contributed by atoms with Gasteiger partial charge in [-0.05, 0) is 91.4 Å². The van der Waals surface area contributed by atoms with Crippen LogP contribution in [0.25, 0.3) is 0 Å². The van der Waals surface area contributed by atoms with Crippen LogP contribution in [0.15, 0.2) is 30.3 Å². The maximum atomic E-state index is 13.1. The normalized spacial score (nSPS) is 47.9. The van der Waals surface area contributed by atoms with Crippen LogP contribution in [-0.2, 0) is 23.9 Å². The number of carbonyl (C=O) groups is 3. The van der Waals surface area contributed by atoms with Crippen molar-refractivity contribution in [3.05, 3.63) is 35.9 Å². The minimum absolute atomic E-state index is 0.0882. The Bertz CT molecular complexity index is 1040. The van der Waals surface area contributed by atoms with Crippen molar-refractivity contribution >= 4 is 17.9 Å². The van der Waals surface area contributed by atoms with E-state index in [0.717, 1.165) is 25.7 Å². The molecule has 1 aliphatic heterocycles. The number of benzene rings is 1. The maximum absolute atomic E-state index is 13.1. The molecule has 35 heavy (non-hydrogen) atoms. The summed E-state index contributed by atoms with van der Waals surface area (Å²) in [6, 6.07) is 10.6. The quantitative estimate of drug-likeness (QED) is 0.387. The topological polar surface area (TPSA) is 95.7 Å². The summed E-state index contributed by atoms with van der Waals surface area (Å²) in [6.07, 6.45) is 4.09. The van der Waals surface area contributed by atoms with Crippen molar-refractivity contribution in [3.8, 4) is 0 Å². The first-order chi connectivity index (χ1) is 16.8. The molecule has 0 amide bonds. The summed E-state index contributed by atoms with van der Waals surface area (Å²) in [7, 11) is 0. The molecule has 1 saturated heterocycles. The molecule has 2 N–H and O–H groups in total. The highest BCUT2D eigenvalue weighted by Gasteiger charge is 2.68. The van der Waals surface area contributed by atoms with Crippen LogP contribution in [-0.4, -0.2) is 24.6 Å². The second kappa shape index (κ2) is 8.16. The molecule has 12 unspecified atom stereocenters. The van der Waals surface area contributed by atoms with Crippen LogP contribution >= 0.6 is 0 Å². The van der Waals surface area contributed by atoms with Gasteiger partial charge < -0.3 is 9.47 Å². The van der Waals surface area contributed by atoms with E-state index in [2.05, 4.69) is 38.1 Å². The van der Waals surface area contributed by atoms with E-state index < -0.39 is 11.3 Å². The van der Waals surface area contributed by atoms with E-state index in [1.54, 1.807) is 0 Å². The van der Waals surface area contributed by atoms with Crippen LogP contribution in [0.1, 0.15) is 57.9 Å². The Morgan fingerprint density at radius 3 is 2.40 bits per heavy atom. The van der Waals surface area contributed by atoms with E-state index in [1.807, 2.05) is 13.0 Å². The van der Waals surface area contributed by atoms with E-state index in [-0.39, 0.29) is 42.4 Å². The predicted molar refractivity (Wildman–Crippen MR) is 128 cm³/mol. The molecule has 1 aromatic carbocycles. The fourth-order valence-corrected chi connectivity index (χ4v) is 9.83. The molecule has 6 nitrogen and oxygen atoms in total. The molecule has 188 valence electrons. The molecule has 0 radical (unpaired) electrons. The fourth-order valence-electron chi connectivity index (χ4n) is 9.83. The van der Waals surface area contributed by atoms with Gasteiger partial charge in [0.2, 0.25) is 0 Å². The summed E-state index contributed by atoms with van der Waals surface area (Å²) in [5.41, 5.74) is 6.40. The number of hydrogen-bond donors (Lipinski definition) is 1. The van der Waals surface area contributed by atoms with E-state index in [0.29, 0.717) is 41.4 Å². The van der Waals surface area contributed by atoms with Gasteiger partial charge in [-0.2, -0.15) is 0 Å². The Balaban J connectivity index is 1.39. The zero-order chi connectivity index (χ0) is 24.6. The molecular weight excluding hydrogens is 442 g/mol. The van der Waals surface area contributed by atoms with Gasteiger partial charge >= 0.3 is 17.9 Å². The number of hydrogen-bond acceptors (Lipinski definition) is 6. The minimum atomic E-state index is -0.524. The molecule has 12 atom stereocenters. The Morgan fingerprint density at radius 1 is 1.03 bits per heavy atom. The number of cyclic esters (lactones) is 2. The Labute approximate surface area is 207 Å². The lowest BCUT2D eigenvalue weighted by molar-refractivity contribution is -0.163. The highest BCUT2D eigenvalue weighted by molar-refractivity contribution is 5.96. The molecule has 0 spiro atoms. The van der Waals surface area contributed by atoms with Gasteiger partial charge in [-0.15, -0.1) is 0 Å². The monoisotopic (exact) mass is 479 g/mol. The number of ether oxygens (including phenoxy) is 2. The lowest BCUT2D eigenvalue weighted by atomic mass is 9.54. The van der Waals surface area contributed by atoms with Crippen molar-refractivity contribution < 1.29 is 23.9 Å². The lowest BCUT2D eigenvalue weighted by Gasteiger charge is -2.49. The molecule has 1 aromatic rings. The van der Waals surface area contributed by atoms with Gasteiger partial charge in [-0.25, -0.2) is 0 Å². The fraction of sp³-hybridized carbons (Fsp3) is 0.690. The van der Waals surface area contributed by atoms with Crippen LogP contribution in [0.3, 0.4) is 0 Å². The van der Waals surface area contributed by atoms with E-state index in [1.165, 1.54) is 5.56 Å². The van der Waals surface area contributed by atoms with Crippen molar-refractivity contribution in [1.82, 2.24) is 0 Å². The van der Waals surface area contributed by atoms with E-state index in [9.17, 15) is 14.4 Å². The number of nitrogens with two attached hydrogens (primary N) is 1. The number of esters is 3. The highest BCUT2D eigenvalue weighted by atomic mass is 16.6. The van der Waals surface area contributed by atoms with Crippen LogP contribution in [0.2, 0.25) is 0 Å². The minimum Gasteiger partial charge on any atom is -0.450 e. The third-order valence-corrected chi connectivity index (χ3v) is 11.2. The number of rotatable bonds is 5. The van der Waals surface area contributed by atoms with Gasteiger partial charge in [0, 0.05) is 0 Å². The lowest BCUT2D eigenvalue weighted by Crippen LogP contribution is -2.49. The predicted octanol–water partition coefficient (Wildman–Crippen LogP) is 4.14. The second-order valence-corrected chi connectivity index (χ2v) is 12.4. The van der Waals surface area contributed by atoms with Crippen LogP contribution in [0, 0.1) is 64.6 Å². The summed E-state index contributed by atoms with van der Waals surface area (Å²) in [4.78, 5) is 38.7.